The Labute approximate surface area is 304 Å². The van der Waals surface area contributed by atoms with Crippen LogP contribution in [-0.2, 0) is 26.5 Å². The Balaban J connectivity index is 1.36. The van der Waals surface area contributed by atoms with Crippen LogP contribution in [-0.4, -0.2) is 12.6 Å². The minimum atomic E-state index is -4.48. The highest BCUT2D eigenvalue weighted by molar-refractivity contribution is 6.25. The summed E-state index contributed by atoms with van der Waals surface area (Å²) < 4.78 is 48.1. The summed E-state index contributed by atoms with van der Waals surface area (Å²) in [6, 6.07) is 28.5. The van der Waals surface area contributed by atoms with E-state index in [-0.39, 0.29) is 12.0 Å². The average molecular weight is 699 g/mol. The third-order valence-electron chi connectivity index (χ3n) is 11.2. The average Bonchev–Trinajstić information content (AvgIpc) is 3.39. The van der Waals surface area contributed by atoms with Crippen LogP contribution in [0.4, 0.5) is 13.2 Å². The van der Waals surface area contributed by atoms with Crippen molar-refractivity contribution in [2.24, 2.45) is 0 Å². The molecule has 52 heavy (non-hydrogen) atoms. The lowest BCUT2D eigenvalue weighted by Crippen LogP contribution is -2.28. The molecule has 0 N–H and O–H groups in total. The van der Waals surface area contributed by atoms with Gasteiger partial charge >= 0.3 is 12.1 Å². The fourth-order valence-electron chi connectivity index (χ4n) is 8.34. The molecule has 0 fully saturated rings. The standard InChI is InChI=1S/C47H45F3O2/c1-8-29(4)46(22-10-9-11-23-52-44(51)28(2)3)40-26-31(15-19-37(40)38-21-17-34(27-41(38)46)47(48,49)50)36-18-14-30-12-13-32-24-35(45(5,6)7)25-33-16-20-39(36)43(30)42(32)33/h12-21,24-27H,2,4,8-11,22-23H2,1,3,5-7H3. The number of carbonyl (C=O) groups excluding carboxylic acids is 1. The molecule has 2 nitrogen and oxygen atoms in total. The molecule has 0 aliphatic heterocycles. The van der Waals surface area contributed by atoms with Crippen molar-refractivity contribution < 1.29 is 22.7 Å². The first kappa shape index (κ1) is 35.5. The fraction of sp³-hybridized carbons (Fsp3) is 0.298. The lowest BCUT2D eigenvalue weighted by Gasteiger charge is -2.35. The summed E-state index contributed by atoms with van der Waals surface area (Å²) in [5.41, 5.74) is 6.66. The van der Waals surface area contributed by atoms with Gasteiger partial charge in [0.2, 0.25) is 0 Å². The maximum absolute atomic E-state index is 14.2. The first-order valence-corrected chi connectivity index (χ1v) is 18.2. The number of alkyl halides is 3. The number of fused-ring (bicyclic) bond motifs is 3. The smallest absolute Gasteiger partial charge is 0.416 e. The van der Waals surface area contributed by atoms with E-state index in [1.165, 1.54) is 44.6 Å². The third-order valence-corrected chi connectivity index (χ3v) is 11.2. The molecule has 1 aliphatic carbocycles. The molecular formula is C47H45F3O2. The van der Waals surface area contributed by atoms with Crippen molar-refractivity contribution in [3.8, 4) is 22.3 Å². The van der Waals surface area contributed by atoms with Gasteiger partial charge in [0, 0.05) is 11.0 Å². The van der Waals surface area contributed by atoms with Gasteiger partial charge in [-0.2, -0.15) is 13.2 Å². The maximum Gasteiger partial charge on any atom is 0.416 e. The zero-order chi connectivity index (χ0) is 37.2. The molecule has 266 valence electrons. The first-order chi connectivity index (χ1) is 24.6. The van der Waals surface area contributed by atoms with Gasteiger partial charge in [-0.25, -0.2) is 4.79 Å². The molecule has 7 rings (SSSR count). The Morgan fingerprint density at radius 2 is 1.33 bits per heavy atom. The number of ether oxygens (including phenoxy) is 1. The minimum Gasteiger partial charge on any atom is -0.462 e. The largest absolute Gasteiger partial charge is 0.462 e. The molecule has 0 spiro atoms. The molecule has 0 heterocycles. The van der Waals surface area contributed by atoms with E-state index in [4.69, 9.17) is 4.74 Å². The lowest BCUT2D eigenvalue weighted by atomic mass is 9.68. The second kappa shape index (κ2) is 12.9. The van der Waals surface area contributed by atoms with Gasteiger partial charge in [-0.1, -0.05) is 126 Å². The molecular weight excluding hydrogens is 654 g/mol. The summed E-state index contributed by atoms with van der Waals surface area (Å²) in [4.78, 5) is 11.9. The number of esters is 1. The lowest BCUT2D eigenvalue weighted by molar-refractivity contribution is -0.139. The van der Waals surface area contributed by atoms with Crippen molar-refractivity contribution in [3.63, 3.8) is 0 Å². The molecule has 0 bridgehead atoms. The van der Waals surface area contributed by atoms with E-state index in [9.17, 15) is 18.0 Å². The van der Waals surface area contributed by atoms with Crippen LogP contribution in [0.15, 0.2) is 109 Å². The highest BCUT2D eigenvalue weighted by Gasteiger charge is 2.46. The summed E-state index contributed by atoms with van der Waals surface area (Å²) >= 11 is 0. The SMILES string of the molecule is C=C(C)C(=O)OCCCCCC1(C(=C)CC)c2cc(-c3ccc4ccc5cc(C(C)(C)C)cc6ccc3c4c56)ccc2-c2ccc(C(F)(F)F)cc21. The van der Waals surface area contributed by atoms with Crippen molar-refractivity contribution in [3.05, 3.63) is 131 Å². The van der Waals surface area contributed by atoms with Crippen LogP contribution in [0.1, 0.15) is 89.0 Å². The molecule has 1 aliphatic rings. The molecule has 0 amide bonds. The monoisotopic (exact) mass is 698 g/mol. The van der Waals surface area contributed by atoms with Gasteiger partial charge < -0.3 is 4.74 Å². The Bertz CT molecular complexity index is 2370. The Kier molecular flexibility index (Phi) is 8.84. The topological polar surface area (TPSA) is 26.3 Å². The number of allylic oxidation sites excluding steroid dienone is 1. The zero-order valence-corrected chi connectivity index (χ0v) is 30.7. The molecule has 6 aromatic carbocycles. The summed E-state index contributed by atoms with van der Waals surface area (Å²) in [5.74, 6) is -0.414. The molecule has 6 aromatic rings. The predicted octanol–water partition coefficient (Wildman–Crippen LogP) is 13.5. The molecule has 1 atom stereocenters. The van der Waals surface area contributed by atoms with Gasteiger partial charge in [0.15, 0.2) is 0 Å². The third kappa shape index (κ3) is 5.88. The van der Waals surface area contributed by atoms with E-state index >= 15 is 0 Å². The van der Waals surface area contributed by atoms with Crippen molar-refractivity contribution in [2.75, 3.05) is 6.61 Å². The van der Waals surface area contributed by atoms with E-state index in [1.807, 2.05) is 6.92 Å². The Morgan fingerprint density at radius 1 is 0.712 bits per heavy atom. The van der Waals surface area contributed by atoms with E-state index < -0.39 is 23.1 Å². The van der Waals surface area contributed by atoms with E-state index in [0.29, 0.717) is 30.4 Å². The van der Waals surface area contributed by atoms with Crippen LogP contribution in [0, 0.1) is 0 Å². The number of hydrogen-bond donors (Lipinski definition) is 0. The first-order valence-electron chi connectivity index (χ1n) is 18.2. The second-order valence-corrected chi connectivity index (χ2v) is 15.5. The van der Waals surface area contributed by atoms with Crippen molar-refractivity contribution >= 4 is 38.3 Å². The van der Waals surface area contributed by atoms with Crippen molar-refractivity contribution in [1.29, 1.82) is 0 Å². The second-order valence-electron chi connectivity index (χ2n) is 15.5. The highest BCUT2D eigenvalue weighted by Crippen LogP contribution is 2.57. The van der Waals surface area contributed by atoms with Crippen LogP contribution in [0.5, 0.6) is 0 Å². The quantitative estimate of drug-likeness (QED) is 0.0468. The number of rotatable bonds is 10. The predicted molar refractivity (Wildman–Crippen MR) is 209 cm³/mol. The Hall–Kier alpha value is -4.90. The summed E-state index contributed by atoms with van der Waals surface area (Å²) in [6.07, 6.45) is -1.15. The molecule has 0 saturated heterocycles. The summed E-state index contributed by atoms with van der Waals surface area (Å²) in [7, 11) is 0. The molecule has 5 heteroatoms. The van der Waals surface area contributed by atoms with Crippen LogP contribution in [0.3, 0.4) is 0 Å². The highest BCUT2D eigenvalue weighted by atomic mass is 19.4. The number of carbonyl (C=O) groups is 1. The molecule has 1 unspecified atom stereocenters. The molecule has 0 aromatic heterocycles. The van der Waals surface area contributed by atoms with E-state index in [1.54, 1.807) is 13.0 Å². The van der Waals surface area contributed by atoms with Gasteiger partial charge in [-0.15, -0.1) is 0 Å². The summed E-state index contributed by atoms with van der Waals surface area (Å²) in [6.45, 7) is 18.8. The number of benzene rings is 6. The van der Waals surface area contributed by atoms with E-state index in [0.717, 1.165) is 51.6 Å². The fourth-order valence-corrected chi connectivity index (χ4v) is 8.34. The van der Waals surface area contributed by atoms with Gasteiger partial charge in [-0.3, -0.25) is 0 Å². The van der Waals surface area contributed by atoms with Crippen LogP contribution in [0.25, 0.3) is 54.6 Å². The minimum absolute atomic E-state index is 0.0188. The normalized spacial score (nSPS) is 15.7. The number of hydrogen-bond acceptors (Lipinski definition) is 2. The number of halogens is 3. The van der Waals surface area contributed by atoms with Gasteiger partial charge in [0.1, 0.15) is 0 Å². The van der Waals surface area contributed by atoms with Gasteiger partial charge in [-0.05, 0) is 121 Å². The maximum atomic E-state index is 14.2. The molecule has 0 radical (unpaired) electrons. The van der Waals surface area contributed by atoms with Crippen molar-refractivity contribution in [1.82, 2.24) is 0 Å². The van der Waals surface area contributed by atoms with E-state index in [2.05, 4.69) is 101 Å². The summed E-state index contributed by atoms with van der Waals surface area (Å²) in [5, 5.41) is 7.24. The van der Waals surface area contributed by atoms with Crippen molar-refractivity contribution in [2.45, 2.75) is 83.7 Å². The van der Waals surface area contributed by atoms with Gasteiger partial charge in [0.05, 0.1) is 12.2 Å². The molecule has 0 saturated carbocycles. The van der Waals surface area contributed by atoms with Crippen LogP contribution >= 0.6 is 0 Å². The zero-order valence-electron chi connectivity index (χ0n) is 30.7. The van der Waals surface area contributed by atoms with Gasteiger partial charge in [0.25, 0.3) is 0 Å². The Morgan fingerprint density at radius 3 is 1.98 bits per heavy atom. The number of unbranched alkanes of at least 4 members (excludes halogenated alkanes) is 2. The van der Waals surface area contributed by atoms with Crippen LogP contribution in [0.2, 0.25) is 0 Å². The van der Waals surface area contributed by atoms with Crippen LogP contribution < -0.4 is 0 Å².